The fraction of sp³-hybridized carbons (Fsp3) is 0.818. The lowest BCUT2D eigenvalue weighted by atomic mass is 9.74. The molecule has 0 aromatic rings. The van der Waals surface area contributed by atoms with Crippen LogP contribution < -0.4 is 5.32 Å². The highest BCUT2D eigenvalue weighted by atomic mass is 19.4. The van der Waals surface area contributed by atoms with Gasteiger partial charge in [-0.15, -0.1) is 0 Å². The third-order valence-electron chi connectivity index (χ3n) is 3.19. The molecule has 7 heteroatoms. The molecule has 0 radical (unpaired) electrons. The van der Waals surface area contributed by atoms with Gasteiger partial charge in [-0.3, -0.25) is 4.79 Å². The zero-order chi connectivity index (χ0) is 13.8. The van der Waals surface area contributed by atoms with E-state index in [0.717, 1.165) is 12.8 Å². The Bertz CT molecular complexity index is 342. The van der Waals surface area contributed by atoms with Gasteiger partial charge in [0.05, 0.1) is 5.71 Å². The van der Waals surface area contributed by atoms with Crippen LogP contribution in [0.25, 0.3) is 0 Å². The van der Waals surface area contributed by atoms with Gasteiger partial charge in [0.1, 0.15) is 7.11 Å². The van der Waals surface area contributed by atoms with Gasteiger partial charge in [0.15, 0.2) is 0 Å². The van der Waals surface area contributed by atoms with Crippen molar-refractivity contribution in [2.45, 2.75) is 38.8 Å². The van der Waals surface area contributed by atoms with Crippen molar-refractivity contribution in [2.75, 3.05) is 13.7 Å². The van der Waals surface area contributed by atoms with Crippen molar-refractivity contribution in [2.24, 2.45) is 10.6 Å². The number of nitrogens with one attached hydrogen (secondary N) is 1. The summed E-state index contributed by atoms with van der Waals surface area (Å²) in [6.45, 7) is 1.72. The van der Waals surface area contributed by atoms with Gasteiger partial charge in [-0.2, -0.15) is 13.2 Å². The number of carbonyl (C=O) groups excluding carboxylic acids is 1. The number of halogens is 3. The van der Waals surface area contributed by atoms with E-state index in [1.165, 1.54) is 7.11 Å². The molecule has 0 aliphatic heterocycles. The first kappa shape index (κ1) is 14.8. The Hall–Kier alpha value is -1.27. The minimum atomic E-state index is -4.84. The van der Waals surface area contributed by atoms with Gasteiger partial charge in [-0.25, -0.2) is 0 Å². The summed E-state index contributed by atoms with van der Waals surface area (Å²) in [6, 6.07) is 0. The molecule has 0 bridgehead atoms. The number of rotatable bonds is 3. The molecule has 1 saturated carbocycles. The summed E-state index contributed by atoms with van der Waals surface area (Å²) in [4.78, 5) is 15.5. The normalized spacial score (nSPS) is 27.1. The fourth-order valence-corrected chi connectivity index (χ4v) is 2.09. The van der Waals surface area contributed by atoms with Gasteiger partial charge in [-0.05, 0) is 19.3 Å². The van der Waals surface area contributed by atoms with Crippen LogP contribution in [0.2, 0.25) is 0 Å². The topological polar surface area (TPSA) is 50.7 Å². The quantitative estimate of drug-likeness (QED) is 0.796. The van der Waals surface area contributed by atoms with Gasteiger partial charge in [0.25, 0.3) is 0 Å². The molecule has 1 N–H and O–H groups in total. The molecule has 1 fully saturated rings. The first-order chi connectivity index (χ1) is 8.29. The van der Waals surface area contributed by atoms with E-state index in [9.17, 15) is 18.0 Å². The Labute approximate surface area is 104 Å². The summed E-state index contributed by atoms with van der Waals surface area (Å²) in [5.74, 6) is -1.91. The average Bonchev–Trinajstić information content (AvgIpc) is 2.28. The molecule has 4 nitrogen and oxygen atoms in total. The van der Waals surface area contributed by atoms with E-state index in [1.54, 1.807) is 6.92 Å². The van der Waals surface area contributed by atoms with E-state index in [2.05, 4.69) is 5.16 Å². The van der Waals surface area contributed by atoms with Crippen molar-refractivity contribution < 1.29 is 22.8 Å². The molecule has 0 heterocycles. The standard InChI is InChI=1S/C11H17F3N2O2/c1-10(7-15-9(17)11(12,13)14)6-4-3-5-8(10)16-18-2/h3-7H2,1-2H3,(H,15,17)/b16-8-/t10-/m1/s1. The van der Waals surface area contributed by atoms with Gasteiger partial charge < -0.3 is 10.2 Å². The van der Waals surface area contributed by atoms with Crippen LogP contribution in [0.1, 0.15) is 32.6 Å². The van der Waals surface area contributed by atoms with Crippen LogP contribution in [0, 0.1) is 5.41 Å². The van der Waals surface area contributed by atoms with Crippen molar-refractivity contribution in [3.63, 3.8) is 0 Å². The molecular weight excluding hydrogens is 249 g/mol. The van der Waals surface area contributed by atoms with E-state index >= 15 is 0 Å². The van der Waals surface area contributed by atoms with Crippen LogP contribution in [-0.2, 0) is 9.63 Å². The maximum absolute atomic E-state index is 12.1. The molecule has 1 aliphatic carbocycles. The number of hydrogen-bond acceptors (Lipinski definition) is 3. The van der Waals surface area contributed by atoms with Crippen molar-refractivity contribution in [3.05, 3.63) is 0 Å². The fourth-order valence-electron chi connectivity index (χ4n) is 2.09. The summed E-state index contributed by atoms with van der Waals surface area (Å²) in [6.07, 6.45) is -1.63. The lowest BCUT2D eigenvalue weighted by molar-refractivity contribution is -0.173. The maximum Gasteiger partial charge on any atom is 0.471 e. The van der Waals surface area contributed by atoms with Crippen LogP contribution in [-0.4, -0.2) is 31.4 Å². The first-order valence-corrected chi connectivity index (χ1v) is 5.75. The second-order valence-electron chi connectivity index (χ2n) is 4.67. The lowest BCUT2D eigenvalue weighted by Crippen LogP contribution is -2.46. The minimum Gasteiger partial charge on any atom is -0.399 e. The van der Waals surface area contributed by atoms with Crippen LogP contribution >= 0.6 is 0 Å². The van der Waals surface area contributed by atoms with Gasteiger partial charge in [-0.1, -0.05) is 18.5 Å². The maximum atomic E-state index is 12.1. The smallest absolute Gasteiger partial charge is 0.399 e. The Morgan fingerprint density at radius 2 is 2.17 bits per heavy atom. The van der Waals surface area contributed by atoms with Gasteiger partial charge in [0, 0.05) is 12.0 Å². The minimum absolute atomic E-state index is 0.0759. The highest BCUT2D eigenvalue weighted by Gasteiger charge is 2.41. The molecule has 104 valence electrons. The molecule has 0 aromatic carbocycles. The van der Waals surface area contributed by atoms with Crippen molar-refractivity contribution >= 4 is 11.6 Å². The second kappa shape index (κ2) is 5.58. The number of amides is 1. The third kappa shape index (κ3) is 3.61. The number of alkyl halides is 3. The van der Waals surface area contributed by atoms with Crippen molar-refractivity contribution in [1.29, 1.82) is 0 Å². The molecule has 1 atom stereocenters. The molecule has 0 spiro atoms. The van der Waals surface area contributed by atoms with E-state index in [1.807, 2.05) is 5.32 Å². The molecular formula is C11H17F3N2O2. The summed E-state index contributed by atoms with van der Waals surface area (Å²) < 4.78 is 36.3. The summed E-state index contributed by atoms with van der Waals surface area (Å²) in [5, 5.41) is 5.78. The van der Waals surface area contributed by atoms with Crippen molar-refractivity contribution in [1.82, 2.24) is 5.32 Å². The zero-order valence-corrected chi connectivity index (χ0v) is 10.4. The highest BCUT2D eigenvalue weighted by molar-refractivity contribution is 5.91. The predicted molar refractivity (Wildman–Crippen MR) is 60.1 cm³/mol. The van der Waals surface area contributed by atoms with E-state index in [-0.39, 0.29) is 6.54 Å². The zero-order valence-electron chi connectivity index (χ0n) is 10.4. The van der Waals surface area contributed by atoms with E-state index in [0.29, 0.717) is 18.6 Å². The highest BCUT2D eigenvalue weighted by Crippen LogP contribution is 2.33. The van der Waals surface area contributed by atoms with Crippen molar-refractivity contribution in [3.8, 4) is 0 Å². The van der Waals surface area contributed by atoms with Crippen LogP contribution in [0.4, 0.5) is 13.2 Å². The molecule has 0 saturated heterocycles. The number of carbonyl (C=O) groups is 1. The summed E-state index contributed by atoms with van der Waals surface area (Å²) in [7, 11) is 1.40. The largest absolute Gasteiger partial charge is 0.471 e. The number of nitrogens with zero attached hydrogens (tertiary/aromatic N) is 1. The molecule has 1 aliphatic rings. The summed E-state index contributed by atoms with van der Waals surface area (Å²) in [5.41, 5.74) is 0.147. The first-order valence-electron chi connectivity index (χ1n) is 5.75. The van der Waals surface area contributed by atoms with Crippen LogP contribution in [0.15, 0.2) is 5.16 Å². The molecule has 0 unspecified atom stereocenters. The van der Waals surface area contributed by atoms with Crippen LogP contribution in [0.3, 0.4) is 0 Å². The monoisotopic (exact) mass is 266 g/mol. The van der Waals surface area contributed by atoms with Gasteiger partial charge in [0.2, 0.25) is 0 Å². The molecule has 1 rings (SSSR count). The van der Waals surface area contributed by atoms with Gasteiger partial charge >= 0.3 is 12.1 Å². The predicted octanol–water partition coefficient (Wildman–Crippen LogP) is 2.25. The number of oxime groups is 1. The van der Waals surface area contributed by atoms with Crippen LogP contribution in [0.5, 0.6) is 0 Å². The summed E-state index contributed by atoms with van der Waals surface area (Å²) >= 11 is 0. The Kier molecular flexibility index (Phi) is 4.59. The average molecular weight is 266 g/mol. The Balaban J connectivity index is 2.67. The second-order valence-corrected chi connectivity index (χ2v) is 4.67. The third-order valence-corrected chi connectivity index (χ3v) is 3.19. The Morgan fingerprint density at radius 1 is 1.50 bits per heavy atom. The van der Waals surface area contributed by atoms with E-state index < -0.39 is 17.5 Å². The number of hydrogen-bond donors (Lipinski definition) is 1. The molecule has 1 amide bonds. The molecule has 18 heavy (non-hydrogen) atoms. The Morgan fingerprint density at radius 3 is 2.72 bits per heavy atom. The SMILES string of the molecule is CO/N=C1/CCCC[C@]1(C)CNC(=O)C(F)(F)F. The lowest BCUT2D eigenvalue weighted by Gasteiger charge is -2.34. The molecule has 0 aromatic heterocycles. The van der Waals surface area contributed by atoms with E-state index in [4.69, 9.17) is 4.84 Å².